The van der Waals surface area contributed by atoms with Crippen LogP contribution in [0.5, 0.6) is 0 Å². The molecule has 1 amide bonds. The molecule has 2 aliphatic heterocycles. The summed E-state index contributed by atoms with van der Waals surface area (Å²) in [6.07, 6.45) is 2.71. The molecule has 0 saturated carbocycles. The van der Waals surface area contributed by atoms with Crippen LogP contribution in [-0.4, -0.2) is 68.6 Å². The molecule has 9 heteroatoms. The number of Topliss-reactive ketones (excluding diaryl/α,β-unsaturated/α-hetero) is 1. The van der Waals surface area contributed by atoms with E-state index in [-0.39, 0.29) is 22.5 Å². The third-order valence-electron chi connectivity index (χ3n) is 5.91. The van der Waals surface area contributed by atoms with Gasteiger partial charge in [0.1, 0.15) is 0 Å². The second-order valence-electron chi connectivity index (χ2n) is 7.97. The molecule has 2 saturated heterocycles. The van der Waals surface area contributed by atoms with Gasteiger partial charge in [0.15, 0.2) is 11.5 Å². The highest BCUT2D eigenvalue weighted by atomic mass is 32.2. The van der Waals surface area contributed by atoms with Crippen molar-refractivity contribution < 1.29 is 22.4 Å². The number of anilines is 1. The first-order chi connectivity index (χ1) is 14.9. The van der Waals surface area contributed by atoms with Crippen LogP contribution in [0.15, 0.2) is 45.9 Å². The summed E-state index contributed by atoms with van der Waals surface area (Å²) in [7, 11) is -3.70. The standard InChI is InChI=1S/C22H27N3O5S/c1-17(26)18-5-7-19(8-6-18)23-13-15-24(16-14-23)22(27)20-9-10-21(30-20)31(28,29)25-11-3-2-4-12-25/h5-10H,2-4,11-16H2,1H3. The third-order valence-corrected chi connectivity index (χ3v) is 7.68. The molecule has 1 aromatic carbocycles. The van der Waals surface area contributed by atoms with Gasteiger partial charge in [0.2, 0.25) is 5.09 Å². The van der Waals surface area contributed by atoms with Gasteiger partial charge in [-0.1, -0.05) is 6.42 Å². The van der Waals surface area contributed by atoms with Crippen LogP contribution in [0.25, 0.3) is 0 Å². The monoisotopic (exact) mass is 445 g/mol. The molecule has 8 nitrogen and oxygen atoms in total. The van der Waals surface area contributed by atoms with Gasteiger partial charge in [-0.15, -0.1) is 0 Å². The number of furan rings is 1. The second-order valence-corrected chi connectivity index (χ2v) is 9.83. The second kappa shape index (κ2) is 8.84. The van der Waals surface area contributed by atoms with Crippen LogP contribution >= 0.6 is 0 Å². The first-order valence-electron chi connectivity index (χ1n) is 10.6. The maximum Gasteiger partial charge on any atom is 0.289 e. The molecule has 1 aromatic heterocycles. The van der Waals surface area contributed by atoms with Gasteiger partial charge in [-0.05, 0) is 56.2 Å². The summed E-state index contributed by atoms with van der Waals surface area (Å²) in [5.74, 6) is -0.219. The van der Waals surface area contributed by atoms with E-state index in [0.717, 1.165) is 24.9 Å². The van der Waals surface area contributed by atoms with E-state index in [9.17, 15) is 18.0 Å². The van der Waals surface area contributed by atoms with Gasteiger partial charge in [-0.25, -0.2) is 8.42 Å². The van der Waals surface area contributed by atoms with Gasteiger partial charge >= 0.3 is 0 Å². The van der Waals surface area contributed by atoms with E-state index in [0.29, 0.717) is 44.8 Å². The quantitative estimate of drug-likeness (QED) is 0.657. The van der Waals surface area contributed by atoms with Crippen molar-refractivity contribution in [2.75, 3.05) is 44.2 Å². The first kappa shape index (κ1) is 21.6. The van der Waals surface area contributed by atoms with E-state index in [1.165, 1.54) is 23.4 Å². The van der Waals surface area contributed by atoms with Gasteiger partial charge < -0.3 is 14.2 Å². The Morgan fingerprint density at radius 3 is 2.10 bits per heavy atom. The molecule has 2 aliphatic rings. The maximum absolute atomic E-state index is 12.8. The zero-order valence-corrected chi connectivity index (χ0v) is 18.4. The van der Waals surface area contributed by atoms with Crippen LogP contribution in [0.1, 0.15) is 47.1 Å². The van der Waals surface area contributed by atoms with Crippen LogP contribution < -0.4 is 4.90 Å². The predicted molar refractivity (Wildman–Crippen MR) is 116 cm³/mol. The van der Waals surface area contributed by atoms with Crippen LogP contribution in [-0.2, 0) is 10.0 Å². The lowest BCUT2D eigenvalue weighted by Gasteiger charge is -2.35. The van der Waals surface area contributed by atoms with Crippen LogP contribution in [0.4, 0.5) is 5.69 Å². The van der Waals surface area contributed by atoms with Gasteiger partial charge in [0.05, 0.1) is 0 Å². The first-order valence-corrected chi connectivity index (χ1v) is 12.1. The average molecular weight is 446 g/mol. The summed E-state index contributed by atoms with van der Waals surface area (Å²) in [5.41, 5.74) is 1.68. The normalized spacial score (nSPS) is 18.2. The number of carbonyl (C=O) groups is 2. The van der Waals surface area contributed by atoms with Crippen LogP contribution in [0.3, 0.4) is 0 Å². The Morgan fingerprint density at radius 1 is 0.839 bits per heavy atom. The molecule has 2 fully saturated rings. The predicted octanol–water partition coefficient (Wildman–Crippen LogP) is 2.62. The zero-order chi connectivity index (χ0) is 22.0. The van der Waals surface area contributed by atoms with Gasteiger partial charge in [-0.3, -0.25) is 9.59 Å². The van der Waals surface area contributed by atoms with Crippen molar-refractivity contribution in [3.05, 3.63) is 47.7 Å². The fraction of sp³-hybridized carbons (Fsp3) is 0.455. The number of ketones is 1. The van der Waals surface area contributed by atoms with Gasteiger partial charge in [0.25, 0.3) is 15.9 Å². The van der Waals surface area contributed by atoms with Crippen molar-refractivity contribution in [1.29, 1.82) is 0 Å². The fourth-order valence-electron chi connectivity index (χ4n) is 4.04. The van der Waals surface area contributed by atoms with E-state index >= 15 is 0 Å². The topological polar surface area (TPSA) is 91.1 Å². The van der Waals surface area contributed by atoms with Crippen LogP contribution in [0, 0.1) is 0 Å². The lowest BCUT2D eigenvalue weighted by Crippen LogP contribution is -2.48. The number of hydrogen-bond acceptors (Lipinski definition) is 6. The fourth-order valence-corrected chi connectivity index (χ4v) is 5.47. The number of carbonyl (C=O) groups excluding carboxylic acids is 2. The largest absolute Gasteiger partial charge is 0.438 e. The Morgan fingerprint density at radius 2 is 1.48 bits per heavy atom. The molecule has 0 atom stereocenters. The molecule has 0 N–H and O–H groups in total. The number of piperidine rings is 1. The molecule has 166 valence electrons. The molecule has 3 heterocycles. The van der Waals surface area contributed by atoms with Gasteiger partial charge in [-0.2, -0.15) is 4.31 Å². The molecular weight excluding hydrogens is 418 g/mol. The highest BCUT2D eigenvalue weighted by Crippen LogP contribution is 2.24. The Bertz CT molecular complexity index is 1050. The van der Waals surface area contributed by atoms with E-state index in [1.807, 2.05) is 24.3 Å². The highest BCUT2D eigenvalue weighted by Gasteiger charge is 2.31. The Kier molecular flexibility index (Phi) is 6.15. The zero-order valence-electron chi connectivity index (χ0n) is 17.6. The molecule has 0 radical (unpaired) electrons. The number of sulfonamides is 1. The summed E-state index contributed by atoms with van der Waals surface area (Å²) >= 11 is 0. The van der Waals surface area contributed by atoms with Crippen LogP contribution in [0.2, 0.25) is 0 Å². The minimum Gasteiger partial charge on any atom is -0.438 e. The lowest BCUT2D eigenvalue weighted by atomic mass is 10.1. The minimum atomic E-state index is -3.70. The summed E-state index contributed by atoms with van der Waals surface area (Å²) in [6, 6.07) is 10.3. The Hall–Kier alpha value is -2.65. The van der Waals surface area contributed by atoms with E-state index in [1.54, 1.807) is 4.90 Å². The summed E-state index contributed by atoms with van der Waals surface area (Å²) in [6.45, 7) is 4.81. The molecule has 4 rings (SSSR count). The van der Waals surface area contributed by atoms with Crippen molar-refractivity contribution in [3.63, 3.8) is 0 Å². The third kappa shape index (κ3) is 4.52. The summed E-state index contributed by atoms with van der Waals surface area (Å²) < 4.78 is 32.4. The lowest BCUT2D eigenvalue weighted by molar-refractivity contribution is 0.0708. The molecule has 0 unspecified atom stereocenters. The highest BCUT2D eigenvalue weighted by molar-refractivity contribution is 7.89. The molecule has 31 heavy (non-hydrogen) atoms. The van der Waals surface area contributed by atoms with Crippen molar-refractivity contribution in [1.82, 2.24) is 9.21 Å². The maximum atomic E-state index is 12.8. The Balaban J connectivity index is 1.38. The molecular formula is C22H27N3O5S. The molecule has 0 aliphatic carbocycles. The van der Waals surface area contributed by atoms with Crippen molar-refractivity contribution in [3.8, 4) is 0 Å². The number of piperazine rings is 1. The minimum absolute atomic E-state index is 0.0297. The van der Waals surface area contributed by atoms with Crippen molar-refractivity contribution >= 4 is 27.4 Å². The molecule has 0 bridgehead atoms. The number of benzene rings is 1. The number of rotatable bonds is 5. The molecule has 2 aromatic rings. The van der Waals surface area contributed by atoms with E-state index in [2.05, 4.69) is 4.90 Å². The van der Waals surface area contributed by atoms with E-state index in [4.69, 9.17) is 4.42 Å². The van der Waals surface area contributed by atoms with Crippen molar-refractivity contribution in [2.24, 2.45) is 0 Å². The Labute approximate surface area is 182 Å². The number of nitrogens with zero attached hydrogens (tertiary/aromatic N) is 3. The molecule has 0 spiro atoms. The SMILES string of the molecule is CC(=O)c1ccc(N2CCN(C(=O)c3ccc(S(=O)(=O)N4CCCCC4)o3)CC2)cc1. The van der Waals surface area contributed by atoms with Crippen molar-refractivity contribution in [2.45, 2.75) is 31.3 Å². The smallest absolute Gasteiger partial charge is 0.289 e. The number of hydrogen-bond donors (Lipinski definition) is 0. The van der Waals surface area contributed by atoms with Gasteiger partial charge in [0, 0.05) is 50.5 Å². The van der Waals surface area contributed by atoms with E-state index < -0.39 is 10.0 Å². The summed E-state index contributed by atoms with van der Waals surface area (Å²) in [5, 5.41) is -0.165. The summed E-state index contributed by atoms with van der Waals surface area (Å²) in [4.78, 5) is 28.1. The average Bonchev–Trinajstić information content (AvgIpc) is 3.31. The number of amides is 1.